The largest absolute Gasteiger partial charge is 0.497 e. The van der Waals surface area contributed by atoms with Gasteiger partial charge in [-0.25, -0.2) is 4.98 Å². The number of carbonyl (C=O) groups excluding carboxylic acids is 2. The first-order chi connectivity index (χ1) is 14.7. The number of nitrogens with one attached hydrogen (secondary N) is 1. The third-order valence-corrected chi connectivity index (χ3v) is 5.32. The fourth-order valence-corrected chi connectivity index (χ4v) is 3.73. The van der Waals surface area contributed by atoms with E-state index in [-0.39, 0.29) is 11.7 Å². The van der Waals surface area contributed by atoms with Crippen molar-refractivity contribution in [2.45, 2.75) is 0 Å². The first-order valence-electron chi connectivity index (χ1n) is 9.26. The molecule has 0 aliphatic rings. The number of anilines is 1. The van der Waals surface area contributed by atoms with Gasteiger partial charge in [0.15, 0.2) is 10.9 Å². The topological polar surface area (TPSA) is 68.3 Å². The highest BCUT2D eigenvalue weighted by Gasteiger charge is 2.19. The summed E-state index contributed by atoms with van der Waals surface area (Å²) in [7, 11) is 1.62. The fourth-order valence-electron chi connectivity index (χ4n) is 3.01. The van der Waals surface area contributed by atoms with E-state index >= 15 is 0 Å². The Kier molecular flexibility index (Phi) is 5.68. The lowest BCUT2D eigenvalue weighted by Crippen LogP contribution is -2.16. The second-order valence-electron chi connectivity index (χ2n) is 6.46. The van der Waals surface area contributed by atoms with Crippen molar-refractivity contribution in [3.05, 3.63) is 101 Å². The van der Waals surface area contributed by atoms with E-state index in [4.69, 9.17) is 4.74 Å². The van der Waals surface area contributed by atoms with E-state index in [0.717, 1.165) is 17.0 Å². The highest BCUT2D eigenvalue weighted by atomic mass is 32.1. The van der Waals surface area contributed by atoms with Gasteiger partial charge in [-0.2, -0.15) is 0 Å². The molecular formula is C24H18N2O3S. The van der Waals surface area contributed by atoms with Crippen molar-refractivity contribution in [1.29, 1.82) is 0 Å². The van der Waals surface area contributed by atoms with Crippen LogP contribution in [0.2, 0.25) is 0 Å². The lowest BCUT2D eigenvalue weighted by molar-refractivity contribution is 0.0996. The zero-order valence-corrected chi connectivity index (χ0v) is 17.0. The number of rotatable bonds is 6. The Labute approximate surface area is 178 Å². The van der Waals surface area contributed by atoms with Crippen molar-refractivity contribution >= 4 is 28.2 Å². The highest BCUT2D eigenvalue weighted by Crippen LogP contribution is 2.27. The first kappa shape index (κ1) is 19.5. The summed E-state index contributed by atoms with van der Waals surface area (Å²) in [5.41, 5.74) is 2.88. The molecule has 4 aromatic rings. The molecular weight excluding hydrogens is 396 g/mol. The lowest BCUT2D eigenvalue weighted by atomic mass is 9.98. The molecule has 0 aliphatic heterocycles. The van der Waals surface area contributed by atoms with Crippen LogP contribution >= 0.6 is 11.3 Å². The summed E-state index contributed by atoms with van der Waals surface area (Å²) in [5, 5.41) is 5.15. The van der Waals surface area contributed by atoms with Gasteiger partial charge in [-0.15, -0.1) is 11.3 Å². The molecule has 0 aliphatic carbocycles. The van der Waals surface area contributed by atoms with Gasteiger partial charge in [-0.1, -0.05) is 48.5 Å². The first-order valence-corrected chi connectivity index (χ1v) is 10.1. The van der Waals surface area contributed by atoms with Gasteiger partial charge in [0.05, 0.1) is 18.4 Å². The van der Waals surface area contributed by atoms with Gasteiger partial charge >= 0.3 is 0 Å². The molecule has 0 radical (unpaired) electrons. The molecule has 148 valence electrons. The molecule has 30 heavy (non-hydrogen) atoms. The van der Waals surface area contributed by atoms with Crippen LogP contribution in [0.3, 0.4) is 0 Å². The second kappa shape index (κ2) is 8.71. The molecule has 6 heteroatoms. The molecule has 0 unspecified atom stereocenters. The fraction of sp³-hybridized carbons (Fsp3) is 0.0417. The van der Waals surface area contributed by atoms with Crippen LogP contribution in [0.4, 0.5) is 5.13 Å². The number of benzene rings is 3. The van der Waals surface area contributed by atoms with Crippen LogP contribution < -0.4 is 10.1 Å². The summed E-state index contributed by atoms with van der Waals surface area (Å²) in [6.07, 6.45) is 0. The minimum absolute atomic E-state index is 0.195. The maximum atomic E-state index is 12.9. The Bertz CT molecular complexity index is 1180. The predicted octanol–water partition coefficient (Wildman–Crippen LogP) is 5.30. The molecule has 0 saturated carbocycles. The molecule has 0 fully saturated rings. The Morgan fingerprint density at radius 3 is 2.23 bits per heavy atom. The summed E-state index contributed by atoms with van der Waals surface area (Å²) in [6.45, 7) is 0. The van der Waals surface area contributed by atoms with Crippen molar-refractivity contribution in [1.82, 2.24) is 4.98 Å². The molecule has 1 amide bonds. The second-order valence-corrected chi connectivity index (χ2v) is 7.32. The quantitative estimate of drug-likeness (QED) is 0.435. The van der Waals surface area contributed by atoms with E-state index in [1.807, 2.05) is 35.7 Å². The molecule has 1 N–H and O–H groups in total. The van der Waals surface area contributed by atoms with E-state index in [1.54, 1.807) is 55.6 Å². The van der Waals surface area contributed by atoms with Crippen LogP contribution in [-0.2, 0) is 0 Å². The maximum Gasteiger partial charge on any atom is 0.258 e. The number of ketones is 1. The van der Waals surface area contributed by atoms with Gasteiger partial charge in [0.2, 0.25) is 0 Å². The van der Waals surface area contributed by atoms with Crippen molar-refractivity contribution in [2.24, 2.45) is 0 Å². The molecule has 1 heterocycles. The Morgan fingerprint density at radius 1 is 0.867 bits per heavy atom. The van der Waals surface area contributed by atoms with Crippen molar-refractivity contribution in [3.8, 4) is 17.0 Å². The number of methoxy groups -OCH3 is 1. The van der Waals surface area contributed by atoms with Gasteiger partial charge < -0.3 is 4.74 Å². The number of amides is 1. The number of ether oxygens (including phenoxy) is 1. The maximum absolute atomic E-state index is 12.9. The number of hydrogen-bond donors (Lipinski definition) is 1. The van der Waals surface area contributed by atoms with E-state index in [9.17, 15) is 9.59 Å². The number of nitrogens with zero attached hydrogens (tertiary/aromatic N) is 1. The number of hydrogen-bond acceptors (Lipinski definition) is 5. The minimum Gasteiger partial charge on any atom is -0.497 e. The average molecular weight is 414 g/mol. The van der Waals surface area contributed by atoms with Crippen LogP contribution in [0.25, 0.3) is 11.3 Å². The van der Waals surface area contributed by atoms with E-state index in [2.05, 4.69) is 10.3 Å². The van der Waals surface area contributed by atoms with Crippen LogP contribution in [0.1, 0.15) is 26.3 Å². The SMILES string of the molecule is COc1ccc(-c2csc(NC(=O)c3ccccc3C(=O)c3ccccc3)n2)cc1. The Morgan fingerprint density at radius 2 is 1.53 bits per heavy atom. The Balaban J connectivity index is 1.55. The molecule has 0 atom stereocenters. The van der Waals surface area contributed by atoms with Crippen LogP contribution in [0.5, 0.6) is 5.75 Å². The van der Waals surface area contributed by atoms with Crippen LogP contribution in [0.15, 0.2) is 84.2 Å². The van der Waals surface area contributed by atoms with E-state index < -0.39 is 0 Å². The number of thiazole rings is 1. The molecule has 4 rings (SSSR count). The monoisotopic (exact) mass is 414 g/mol. The van der Waals surface area contributed by atoms with Crippen molar-refractivity contribution in [3.63, 3.8) is 0 Å². The molecule has 0 bridgehead atoms. The third-order valence-electron chi connectivity index (χ3n) is 4.56. The summed E-state index contributed by atoms with van der Waals surface area (Å²) >= 11 is 1.33. The van der Waals surface area contributed by atoms with Gasteiger partial charge in [0, 0.05) is 22.1 Å². The molecule has 1 aromatic heterocycles. The van der Waals surface area contributed by atoms with Crippen LogP contribution in [-0.4, -0.2) is 23.8 Å². The normalized spacial score (nSPS) is 10.4. The predicted molar refractivity (Wildman–Crippen MR) is 118 cm³/mol. The standard InChI is InChI=1S/C24H18N2O3S/c1-29-18-13-11-16(12-14-18)21-15-30-24(25-21)26-23(28)20-10-6-5-9-19(20)22(27)17-7-3-2-4-8-17/h2-15H,1H3,(H,25,26,28). The summed E-state index contributed by atoms with van der Waals surface area (Å²) in [4.78, 5) is 30.2. The highest BCUT2D eigenvalue weighted by molar-refractivity contribution is 7.14. The number of aromatic nitrogens is 1. The smallest absolute Gasteiger partial charge is 0.258 e. The van der Waals surface area contributed by atoms with Crippen LogP contribution in [0, 0.1) is 0 Å². The zero-order valence-electron chi connectivity index (χ0n) is 16.2. The van der Waals surface area contributed by atoms with Gasteiger partial charge in [0.25, 0.3) is 5.91 Å². The lowest BCUT2D eigenvalue weighted by Gasteiger charge is -2.08. The third kappa shape index (κ3) is 4.14. The zero-order chi connectivity index (χ0) is 20.9. The minimum atomic E-state index is -0.370. The number of carbonyl (C=O) groups is 2. The summed E-state index contributed by atoms with van der Waals surface area (Å²) in [6, 6.07) is 23.2. The summed E-state index contributed by atoms with van der Waals surface area (Å²) < 4.78 is 5.17. The van der Waals surface area contributed by atoms with E-state index in [0.29, 0.717) is 21.8 Å². The average Bonchev–Trinajstić information content (AvgIpc) is 3.27. The van der Waals surface area contributed by atoms with Crippen molar-refractivity contribution in [2.75, 3.05) is 12.4 Å². The summed E-state index contributed by atoms with van der Waals surface area (Å²) in [5.74, 6) is 0.201. The molecule has 0 saturated heterocycles. The van der Waals surface area contributed by atoms with Gasteiger partial charge in [0.1, 0.15) is 5.75 Å². The van der Waals surface area contributed by atoms with Crippen molar-refractivity contribution < 1.29 is 14.3 Å². The molecule has 3 aromatic carbocycles. The van der Waals surface area contributed by atoms with Gasteiger partial charge in [-0.3, -0.25) is 14.9 Å². The van der Waals surface area contributed by atoms with E-state index in [1.165, 1.54) is 11.3 Å². The molecule has 0 spiro atoms. The van der Waals surface area contributed by atoms with Gasteiger partial charge in [-0.05, 0) is 30.3 Å². The Hall–Kier alpha value is -3.77. The molecule has 5 nitrogen and oxygen atoms in total.